The predicted octanol–water partition coefficient (Wildman–Crippen LogP) is 3.73. The standard InChI is InChI=1S/C22H22BrN5O4/c1-4-32-22(31)16-7-5-6-8-18(16)25-19(29)12-28-14(3)20(26-27-28)21(30)24-15-9-10-17(23)13(2)11-15/h5-11H,4,12H2,1-3H3,(H,24,30)(H,25,29). The number of anilines is 2. The minimum Gasteiger partial charge on any atom is -0.462 e. The maximum absolute atomic E-state index is 12.6. The van der Waals surface area contributed by atoms with Gasteiger partial charge in [-0.3, -0.25) is 9.59 Å². The molecule has 0 aliphatic carbocycles. The van der Waals surface area contributed by atoms with Gasteiger partial charge in [0.15, 0.2) is 5.69 Å². The third kappa shape index (κ3) is 5.38. The number of aryl methyl sites for hydroxylation is 1. The number of carbonyl (C=O) groups is 3. The molecule has 2 amide bonds. The van der Waals surface area contributed by atoms with E-state index >= 15 is 0 Å². The number of aromatic nitrogens is 3. The second-order valence-corrected chi connectivity index (χ2v) is 7.77. The van der Waals surface area contributed by atoms with Gasteiger partial charge < -0.3 is 15.4 Å². The van der Waals surface area contributed by atoms with Gasteiger partial charge in [-0.15, -0.1) is 5.10 Å². The Morgan fingerprint density at radius 2 is 1.84 bits per heavy atom. The summed E-state index contributed by atoms with van der Waals surface area (Å²) < 4.78 is 7.28. The third-order valence-corrected chi connectivity index (χ3v) is 5.49. The Balaban J connectivity index is 1.69. The molecule has 0 radical (unpaired) electrons. The zero-order valence-electron chi connectivity index (χ0n) is 17.8. The highest BCUT2D eigenvalue weighted by atomic mass is 79.9. The summed E-state index contributed by atoms with van der Waals surface area (Å²) in [6.45, 7) is 5.32. The quantitative estimate of drug-likeness (QED) is 0.478. The number of benzene rings is 2. The largest absolute Gasteiger partial charge is 0.462 e. The summed E-state index contributed by atoms with van der Waals surface area (Å²) in [4.78, 5) is 37.2. The smallest absolute Gasteiger partial charge is 0.340 e. The normalized spacial score (nSPS) is 10.5. The zero-order chi connectivity index (χ0) is 23.3. The number of esters is 1. The molecule has 0 unspecified atom stereocenters. The second-order valence-electron chi connectivity index (χ2n) is 6.91. The zero-order valence-corrected chi connectivity index (χ0v) is 19.4. The first kappa shape index (κ1) is 23.1. The molecule has 0 saturated heterocycles. The van der Waals surface area contributed by atoms with E-state index in [-0.39, 0.29) is 24.4 Å². The van der Waals surface area contributed by atoms with Crippen molar-refractivity contribution in [1.29, 1.82) is 0 Å². The van der Waals surface area contributed by atoms with Gasteiger partial charge in [-0.25, -0.2) is 9.48 Å². The van der Waals surface area contributed by atoms with Crippen molar-refractivity contribution in [2.75, 3.05) is 17.2 Å². The molecule has 0 spiro atoms. The van der Waals surface area contributed by atoms with Crippen molar-refractivity contribution in [2.45, 2.75) is 27.3 Å². The van der Waals surface area contributed by atoms with Crippen LogP contribution in [0.15, 0.2) is 46.9 Å². The third-order valence-electron chi connectivity index (χ3n) is 4.60. The maximum Gasteiger partial charge on any atom is 0.340 e. The Labute approximate surface area is 193 Å². The van der Waals surface area contributed by atoms with E-state index in [4.69, 9.17) is 4.74 Å². The molecule has 0 aliphatic heterocycles. The van der Waals surface area contributed by atoms with Gasteiger partial charge in [-0.05, 0) is 56.7 Å². The molecule has 0 saturated carbocycles. The number of para-hydroxylation sites is 1. The van der Waals surface area contributed by atoms with Crippen LogP contribution in [0.1, 0.15) is 39.0 Å². The molecule has 3 aromatic rings. The van der Waals surface area contributed by atoms with E-state index in [1.165, 1.54) is 4.68 Å². The van der Waals surface area contributed by atoms with Crippen molar-refractivity contribution in [1.82, 2.24) is 15.0 Å². The van der Waals surface area contributed by atoms with Crippen LogP contribution in [0.25, 0.3) is 0 Å². The SMILES string of the molecule is CCOC(=O)c1ccccc1NC(=O)Cn1nnc(C(=O)Nc2ccc(Br)c(C)c2)c1C. The molecule has 0 aliphatic rings. The fraction of sp³-hybridized carbons (Fsp3) is 0.227. The first-order valence-electron chi connectivity index (χ1n) is 9.83. The molecule has 1 aromatic heterocycles. The molecule has 1 heterocycles. The number of nitrogens with zero attached hydrogens (tertiary/aromatic N) is 3. The summed E-state index contributed by atoms with van der Waals surface area (Å²) in [6, 6.07) is 12.0. The lowest BCUT2D eigenvalue weighted by Gasteiger charge is -2.10. The molecular formula is C22H22BrN5O4. The molecule has 9 nitrogen and oxygen atoms in total. The van der Waals surface area contributed by atoms with Gasteiger partial charge >= 0.3 is 5.97 Å². The summed E-state index contributed by atoms with van der Waals surface area (Å²) in [5.74, 6) is -1.38. The summed E-state index contributed by atoms with van der Waals surface area (Å²) in [7, 11) is 0. The summed E-state index contributed by atoms with van der Waals surface area (Å²) in [5.41, 5.74) is 2.73. The van der Waals surface area contributed by atoms with Crippen molar-refractivity contribution in [3.05, 3.63) is 69.5 Å². The van der Waals surface area contributed by atoms with E-state index in [1.54, 1.807) is 44.2 Å². The highest BCUT2D eigenvalue weighted by Crippen LogP contribution is 2.21. The van der Waals surface area contributed by atoms with Crippen molar-refractivity contribution < 1.29 is 19.1 Å². The van der Waals surface area contributed by atoms with Crippen LogP contribution in [-0.2, 0) is 16.1 Å². The van der Waals surface area contributed by atoms with Gasteiger partial charge in [-0.2, -0.15) is 0 Å². The fourth-order valence-corrected chi connectivity index (χ4v) is 3.18. The fourth-order valence-electron chi connectivity index (χ4n) is 2.94. The average molecular weight is 500 g/mol. The van der Waals surface area contributed by atoms with E-state index in [0.29, 0.717) is 17.1 Å². The number of hydrogen-bond donors (Lipinski definition) is 2. The highest BCUT2D eigenvalue weighted by Gasteiger charge is 2.19. The van der Waals surface area contributed by atoms with Gasteiger partial charge in [-0.1, -0.05) is 33.3 Å². The molecule has 3 rings (SSSR count). The predicted molar refractivity (Wildman–Crippen MR) is 123 cm³/mol. The van der Waals surface area contributed by atoms with Crippen LogP contribution in [0, 0.1) is 13.8 Å². The lowest BCUT2D eigenvalue weighted by Crippen LogP contribution is -2.22. The number of ether oxygens (including phenoxy) is 1. The van der Waals surface area contributed by atoms with E-state index in [1.807, 2.05) is 19.1 Å². The monoisotopic (exact) mass is 499 g/mol. The molecule has 10 heteroatoms. The summed E-state index contributed by atoms with van der Waals surface area (Å²) in [6.07, 6.45) is 0. The molecule has 0 atom stereocenters. The number of nitrogens with one attached hydrogen (secondary N) is 2. The van der Waals surface area contributed by atoms with Crippen LogP contribution in [-0.4, -0.2) is 39.4 Å². The molecule has 0 fully saturated rings. The molecule has 2 aromatic carbocycles. The van der Waals surface area contributed by atoms with Gasteiger partial charge in [0.2, 0.25) is 5.91 Å². The first-order valence-corrected chi connectivity index (χ1v) is 10.6. The number of hydrogen-bond acceptors (Lipinski definition) is 6. The van der Waals surface area contributed by atoms with Crippen LogP contribution in [0.4, 0.5) is 11.4 Å². The van der Waals surface area contributed by atoms with E-state index in [0.717, 1.165) is 10.0 Å². The molecular weight excluding hydrogens is 478 g/mol. The van der Waals surface area contributed by atoms with Gasteiger partial charge in [0.1, 0.15) is 6.54 Å². The Bertz CT molecular complexity index is 1170. The summed E-state index contributed by atoms with van der Waals surface area (Å²) >= 11 is 3.42. The minimum atomic E-state index is -0.525. The van der Waals surface area contributed by atoms with Crippen LogP contribution in [0.3, 0.4) is 0 Å². The Kier molecular flexibility index (Phi) is 7.37. The number of amides is 2. The lowest BCUT2D eigenvalue weighted by atomic mass is 10.2. The van der Waals surface area contributed by atoms with Crippen LogP contribution in [0.5, 0.6) is 0 Å². The molecule has 32 heavy (non-hydrogen) atoms. The topological polar surface area (TPSA) is 115 Å². The minimum absolute atomic E-state index is 0.116. The van der Waals surface area contributed by atoms with Crippen molar-refractivity contribution >= 4 is 45.1 Å². The van der Waals surface area contributed by atoms with E-state index in [9.17, 15) is 14.4 Å². The molecule has 166 valence electrons. The molecule has 2 N–H and O–H groups in total. The Morgan fingerprint density at radius 3 is 2.56 bits per heavy atom. The van der Waals surface area contributed by atoms with Crippen LogP contribution >= 0.6 is 15.9 Å². The van der Waals surface area contributed by atoms with Gasteiger partial charge in [0.05, 0.1) is 23.6 Å². The van der Waals surface area contributed by atoms with Gasteiger partial charge in [0.25, 0.3) is 5.91 Å². The second kappa shape index (κ2) is 10.2. The number of carbonyl (C=O) groups excluding carboxylic acids is 3. The maximum atomic E-state index is 12.6. The Hall–Kier alpha value is -3.53. The van der Waals surface area contributed by atoms with Crippen molar-refractivity contribution in [3.8, 4) is 0 Å². The average Bonchev–Trinajstić information content (AvgIpc) is 3.11. The number of rotatable bonds is 7. The van der Waals surface area contributed by atoms with Crippen molar-refractivity contribution in [3.63, 3.8) is 0 Å². The van der Waals surface area contributed by atoms with E-state index < -0.39 is 17.8 Å². The summed E-state index contributed by atoms with van der Waals surface area (Å²) in [5, 5.41) is 13.3. The highest BCUT2D eigenvalue weighted by molar-refractivity contribution is 9.10. The number of halogens is 1. The Morgan fingerprint density at radius 1 is 1.09 bits per heavy atom. The van der Waals surface area contributed by atoms with Crippen LogP contribution in [0.2, 0.25) is 0 Å². The molecule has 0 bridgehead atoms. The van der Waals surface area contributed by atoms with Crippen LogP contribution < -0.4 is 10.6 Å². The lowest BCUT2D eigenvalue weighted by molar-refractivity contribution is -0.117. The van der Waals surface area contributed by atoms with Crippen molar-refractivity contribution in [2.24, 2.45) is 0 Å². The van der Waals surface area contributed by atoms with E-state index in [2.05, 4.69) is 36.9 Å². The van der Waals surface area contributed by atoms with Gasteiger partial charge in [0, 0.05) is 10.2 Å². The first-order chi connectivity index (χ1) is 15.3.